The summed E-state index contributed by atoms with van der Waals surface area (Å²) in [5, 5.41) is 0. The average Bonchev–Trinajstić information content (AvgIpc) is 2.83. The van der Waals surface area contributed by atoms with E-state index in [0.29, 0.717) is 22.3 Å². The lowest BCUT2D eigenvalue weighted by Crippen LogP contribution is -2.10. The van der Waals surface area contributed by atoms with E-state index in [1.807, 2.05) is 23.9 Å². The number of aromatic nitrogens is 1. The number of nitrogens with two attached hydrogens (primary N) is 1. The van der Waals surface area contributed by atoms with Gasteiger partial charge < -0.3 is 5.73 Å². The fourth-order valence-electron chi connectivity index (χ4n) is 2.24. The van der Waals surface area contributed by atoms with Crippen LogP contribution >= 0.6 is 11.8 Å². The van der Waals surface area contributed by atoms with Crippen molar-refractivity contribution >= 4 is 28.2 Å². The van der Waals surface area contributed by atoms with Crippen molar-refractivity contribution in [2.24, 2.45) is 0 Å². The van der Waals surface area contributed by atoms with E-state index >= 15 is 0 Å². The molecule has 0 aliphatic carbocycles. The summed E-state index contributed by atoms with van der Waals surface area (Å²) in [6.45, 7) is 0. The number of thioether (sulfide) groups is 1. The molecule has 0 fully saturated rings. The zero-order valence-corrected chi connectivity index (χ0v) is 11.9. The number of nitrogens with zero attached hydrogens (tertiary/aromatic N) is 1. The standard InChI is InChI=1S/C14H14N2OS2/c15-12-7-16-6-5-14(12)19(17)9-10-8-18-13-4-2-1-3-11(10)13/h1-7,10H,8-9,15H2. The third kappa shape index (κ3) is 2.53. The predicted octanol–water partition coefficient (Wildman–Crippen LogP) is 2.66. The molecule has 0 saturated heterocycles. The van der Waals surface area contributed by atoms with Crippen molar-refractivity contribution in [3.8, 4) is 0 Å². The van der Waals surface area contributed by atoms with Crippen LogP contribution in [-0.2, 0) is 10.8 Å². The highest BCUT2D eigenvalue weighted by Crippen LogP contribution is 2.40. The van der Waals surface area contributed by atoms with Gasteiger partial charge in [-0.25, -0.2) is 0 Å². The minimum Gasteiger partial charge on any atom is -0.396 e. The molecule has 1 aliphatic rings. The van der Waals surface area contributed by atoms with Gasteiger partial charge in [0.2, 0.25) is 0 Å². The molecule has 2 atom stereocenters. The molecule has 2 unspecified atom stereocenters. The second-order valence-corrected chi connectivity index (χ2v) is 7.00. The van der Waals surface area contributed by atoms with Crippen molar-refractivity contribution in [2.75, 3.05) is 17.2 Å². The molecule has 3 rings (SSSR count). The van der Waals surface area contributed by atoms with Gasteiger partial charge in [0.15, 0.2) is 0 Å². The predicted molar refractivity (Wildman–Crippen MR) is 79.8 cm³/mol. The number of hydrogen-bond acceptors (Lipinski definition) is 4. The van der Waals surface area contributed by atoms with Gasteiger partial charge in [-0.05, 0) is 17.7 Å². The Hall–Kier alpha value is -1.33. The highest BCUT2D eigenvalue weighted by molar-refractivity contribution is 7.99. The van der Waals surface area contributed by atoms with Crippen LogP contribution in [0.25, 0.3) is 0 Å². The van der Waals surface area contributed by atoms with Crippen molar-refractivity contribution in [2.45, 2.75) is 15.7 Å². The molecular weight excluding hydrogens is 276 g/mol. The molecule has 0 spiro atoms. The van der Waals surface area contributed by atoms with Gasteiger partial charge in [-0.2, -0.15) is 0 Å². The number of nitrogen functional groups attached to an aromatic ring is 1. The van der Waals surface area contributed by atoms with Crippen LogP contribution in [0.15, 0.2) is 52.5 Å². The first-order valence-corrected chi connectivity index (χ1v) is 8.36. The lowest BCUT2D eigenvalue weighted by Gasteiger charge is -2.11. The van der Waals surface area contributed by atoms with Crippen LogP contribution in [0.4, 0.5) is 5.69 Å². The van der Waals surface area contributed by atoms with E-state index in [1.54, 1.807) is 18.5 Å². The molecule has 0 bridgehead atoms. The van der Waals surface area contributed by atoms with E-state index < -0.39 is 10.8 Å². The fraction of sp³-hybridized carbons (Fsp3) is 0.214. The topological polar surface area (TPSA) is 56.0 Å². The summed E-state index contributed by atoms with van der Waals surface area (Å²) in [4.78, 5) is 5.94. The maximum absolute atomic E-state index is 12.4. The Morgan fingerprint density at radius 3 is 3.05 bits per heavy atom. The van der Waals surface area contributed by atoms with Gasteiger partial charge in [0, 0.05) is 28.5 Å². The lowest BCUT2D eigenvalue weighted by atomic mass is 10.0. The smallest absolute Gasteiger partial charge is 0.0664 e. The van der Waals surface area contributed by atoms with E-state index in [-0.39, 0.29) is 0 Å². The second kappa shape index (κ2) is 5.35. The van der Waals surface area contributed by atoms with Crippen LogP contribution in [0.5, 0.6) is 0 Å². The first kappa shape index (κ1) is 12.7. The summed E-state index contributed by atoms with van der Waals surface area (Å²) in [7, 11) is -1.07. The van der Waals surface area contributed by atoms with E-state index in [9.17, 15) is 4.21 Å². The quantitative estimate of drug-likeness (QED) is 0.944. The van der Waals surface area contributed by atoms with Gasteiger partial charge in [-0.3, -0.25) is 9.19 Å². The Labute approximate surface area is 119 Å². The van der Waals surface area contributed by atoms with Crippen molar-refractivity contribution in [3.05, 3.63) is 48.3 Å². The Morgan fingerprint density at radius 1 is 1.37 bits per heavy atom. The molecule has 1 aromatic carbocycles. The van der Waals surface area contributed by atoms with E-state index in [2.05, 4.69) is 17.1 Å². The largest absolute Gasteiger partial charge is 0.396 e. The lowest BCUT2D eigenvalue weighted by molar-refractivity contribution is 0.678. The SMILES string of the molecule is Nc1cnccc1S(=O)CC1CSc2ccccc21. The number of hydrogen-bond donors (Lipinski definition) is 1. The zero-order valence-electron chi connectivity index (χ0n) is 10.3. The zero-order chi connectivity index (χ0) is 13.2. The molecule has 19 heavy (non-hydrogen) atoms. The Balaban J connectivity index is 1.81. The molecule has 2 N–H and O–H groups in total. The molecule has 1 aliphatic heterocycles. The first-order chi connectivity index (χ1) is 9.25. The Kier molecular flexibility index (Phi) is 3.57. The highest BCUT2D eigenvalue weighted by Gasteiger charge is 2.25. The van der Waals surface area contributed by atoms with E-state index in [0.717, 1.165) is 5.75 Å². The van der Waals surface area contributed by atoms with Gasteiger partial charge in [0.05, 0.1) is 27.6 Å². The van der Waals surface area contributed by atoms with Gasteiger partial charge in [-0.1, -0.05) is 18.2 Å². The number of benzene rings is 1. The van der Waals surface area contributed by atoms with Crippen molar-refractivity contribution in [1.82, 2.24) is 4.98 Å². The first-order valence-electron chi connectivity index (χ1n) is 6.05. The summed E-state index contributed by atoms with van der Waals surface area (Å²) < 4.78 is 12.4. The molecule has 1 aromatic heterocycles. The molecule has 0 saturated carbocycles. The molecule has 5 heteroatoms. The van der Waals surface area contributed by atoms with Gasteiger partial charge >= 0.3 is 0 Å². The number of pyridine rings is 1. The molecule has 0 radical (unpaired) electrons. The second-order valence-electron chi connectivity index (χ2n) is 4.47. The summed E-state index contributed by atoms with van der Waals surface area (Å²) >= 11 is 1.84. The van der Waals surface area contributed by atoms with Crippen LogP contribution in [-0.4, -0.2) is 20.7 Å². The van der Waals surface area contributed by atoms with Crippen molar-refractivity contribution in [1.29, 1.82) is 0 Å². The summed E-state index contributed by atoms with van der Waals surface area (Å²) in [5.74, 6) is 1.96. The van der Waals surface area contributed by atoms with Crippen molar-refractivity contribution in [3.63, 3.8) is 0 Å². The van der Waals surface area contributed by atoms with Crippen LogP contribution in [0.3, 0.4) is 0 Å². The van der Waals surface area contributed by atoms with Crippen LogP contribution in [0.2, 0.25) is 0 Å². The van der Waals surface area contributed by atoms with Gasteiger partial charge in [0.25, 0.3) is 0 Å². The third-order valence-electron chi connectivity index (χ3n) is 3.21. The minimum atomic E-state index is -1.07. The summed E-state index contributed by atoms with van der Waals surface area (Å²) in [6.07, 6.45) is 3.20. The summed E-state index contributed by atoms with van der Waals surface area (Å²) in [5.41, 5.74) is 7.66. The Morgan fingerprint density at radius 2 is 2.21 bits per heavy atom. The maximum atomic E-state index is 12.4. The fourth-order valence-corrected chi connectivity index (χ4v) is 5.02. The van der Waals surface area contributed by atoms with Gasteiger partial charge in [-0.15, -0.1) is 11.8 Å². The molecule has 2 heterocycles. The minimum absolute atomic E-state index is 0.342. The molecule has 0 amide bonds. The van der Waals surface area contributed by atoms with Crippen molar-refractivity contribution < 1.29 is 4.21 Å². The number of anilines is 1. The average molecular weight is 290 g/mol. The molecule has 98 valence electrons. The van der Waals surface area contributed by atoms with Crippen LogP contribution in [0.1, 0.15) is 11.5 Å². The molecule has 3 nitrogen and oxygen atoms in total. The summed E-state index contributed by atoms with van der Waals surface area (Å²) in [6, 6.07) is 10.1. The molecule has 2 aromatic rings. The van der Waals surface area contributed by atoms with Crippen LogP contribution < -0.4 is 5.73 Å². The number of fused-ring (bicyclic) bond motifs is 1. The third-order valence-corrected chi connectivity index (χ3v) is 6.03. The Bertz CT molecular complexity index is 630. The normalized spacial score (nSPS) is 19.1. The maximum Gasteiger partial charge on any atom is 0.0664 e. The monoisotopic (exact) mass is 290 g/mol. The number of rotatable bonds is 3. The van der Waals surface area contributed by atoms with Crippen LogP contribution in [0, 0.1) is 0 Å². The van der Waals surface area contributed by atoms with E-state index in [1.165, 1.54) is 10.5 Å². The molecular formula is C14H14N2OS2. The van der Waals surface area contributed by atoms with E-state index in [4.69, 9.17) is 5.73 Å². The van der Waals surface area contributed by atoms with Gasteiger partial charge in [0.1, 0.15) is 0 Å². The highest BCUT2D eigenvalue weighted by atomic mass is 32.2.